The van der Waals surface area contributed by atoms with Crippen LogP contribution in [0.3, 0.4) is 0 Å². The Balaban J connectivity index is 1.42. The molecule has 34 heavy (non-hydrogen) atoms. The van der Waals surface area contributed by atoms with Gasteiger partial charge in [-0.25, -0.2) is 9.97 Å². The topological polar surface area (TPSA) is 108 Å². The number of rotatable bonds is 10. The number of Topliss-reactive ketones (excluding diaryl/α,β-unsaturated/α-hetero) is 1. The molecule has 180 valence electrons. The minimum atomic E-state index is 0.250. The summed E-state index contributed by atoms with van der Waals surface area (Å²) in [6.45, 7) is 12.1. The van der Waals surface area contributed by atoms with Gasteiger partial charge in [-0.1, -0.05) is 6.57 Å². The summed E-state index contributed by atoms with van der Waals surface area (Å²) in [5.41, 5.74) is 1.86. The molecule has 1 unspecified atom stereocenters. The molecule has 0 spiro atoms. The summed E-state index contributed by atoms with van der Waals surface area (Å²) in [6, 6.07) is 1.94. The molecule has 2 saturated heterocycles. The second-order valence-electron chi connectivity index (χ2n) is 9.26. The van der Waals surface area contributed by atoms with E-state index in [2.05, 4.69) is 41.1 Å². The van der Waals surface area contributed by atoms with E-state index in [-0.39, 0.29) is 11.6 Å². The van der Waals surface area contributed by atoms with Crippen molar-refractivity contribution in [3.8, 4) is 0 Å². The highest BCUT2D eigenvalue weighted by molar-refractivity contribution is 5.82. The van der Waals surface area contributed by atoms with Gasteiger partial charge >= 0.3 is 0 Å². The van der Waals surface area contributed by atoms with E-state index in [1.807, 2.05) is 6.07 Å². The summed E-state index contributed by atoms with van der Waals surface area (Å²) in [5, 5.41) is 13.6. The highest BCUT2D eigenvalue weighted by Crippen LogP contribution is 2.24. The first-order valence-corrected chi connectivity index (χ1v) is 12.3. The number of carbonyl (C=O) groups is 1. The van der Waals surface area contributed by atoms with Gasteiger partial charge in [-0.2, -0.15) is 0 Å². The third-order valence-electron chi connectivity index (χ3n) is 6.65. The largest absolute Gasteiger partial charge is 0.384 e. The summed E-state index contributed by atoms with van der Waals surface area (Å²) in [5.74, 6) is 2.88. The van der Waals surface area contributed by atoms with Crippen LogP contribution in [0.15, 0.2) is 24.7 Å². The maximum Gasteiger partial charge on any atom is 0.288 e. The molecule has 2 aromatic rings. The van der Waals surface area contributed by atoms with Crippen molar-refractivity contribution in [3.05, 3.63) is 41.6 Å². The van der Waals surface area contributed by atoms with Crippen LogP contribution in [0.25, 0.3) is 4.85 Å². The maximum absolute atomic E-state index is 12.8. The van der Waals surface area contributed by atoms with E-state index in [1.165, 1.54) is 25.2 Å². The predicted molar refractivity (Wildman–Crippen MR) is 133 cm³/mol. The van der Waals surface area contributed by atoms with Gasteiger partial charge in [0.2, 0.25) is 0 Å². The van der Waals surface area contributed by atoms with E-state index in [0.717, 1.165) is 63.2 Å². The fraction of sp³-hybridized carbons (Fsp3) is 0.560. The molecule has 4 rings (SSSR count). The zero-order chi connectivity index (χ0) is 23.6. The van der Waals surface area contributed by atoms with Gasteiger partial charge in [-0.3, -0.25) is 4.79 Å². The third kappa shape index (κ3) is 7.20. The molecule has 2 aromatic heterocycles. The smallest absolute Gasteiger partial charge is 0.288 e. The van der Waals surface area contributed by atoms with Gasteiger partial charge in [-0.05, 0) is 70.1 Å². The molecule has 0 saturated carbocycles. The molecule has 9 heteroatoms. The zero-order valence-electron chi connectivity index (χ0n) is 19.6. The number of nitrogens with one attached hydrogen (secondary N) is 4. The van der Waals surface area contributed by atoms with Crippen LogP contribution >= 0.6 is 0 Å². The van der Waals surface area contributed by atoms with E-state index in [0.29, 0.717) is 36.3 Å². The first-order chi connectivity index (χ1) is 16.7. The predicted octanol–water partition coefficient (Wildman–Crippen LogP) is 3.47. The highest BCUT2D eigenvalue weighted by Gasteiger charge is 2.18. The van der Waals surface area contributed by atoms with Crippen LogP contribution < -0.4 is 21.3 Å². The minimum absolute atomic E-state index is 0.250. The van der Waals surface area contributed by atoms with Crippen molar-refractivity contribution in [1.29, 1.82) is 0 Å². The SMILES string of the molecule is [C-]#[N+]c1cnc(Nc2cc(NCC3CCCNC3)c(CC(=O)CCC3CCNCC3)cn2)cn1. The monoisotopic (exact) mass is 462 g/mol. The number of hydrogen-bond donors (Lipinski definition) is 4. The van der Waals surface area contributed by atoms with Gasteiger partial charge in [0.05, 0.1) is 6.20 Å². The maximum atomic E-state index is 12.8. The molecular formula is C25H34N8O. The second kappa shape index (κ2) is 12.4. The molecule has 0 bridgehead atoms. The normalized spacial score (nSPS) is 18.7. The fourth-order valence-electron chi connectivity index (χ4n) is 4.62. The lowest BCUT2D eigenvalue weighted by Gasteiger charge is -2.24. The van der Waals surface area contributed by atoms with Crippen molar-refractivity contribution < 1.29 is 4.79 Å². The quantitative estimate of drug-likeness (QED) is 0.398. The number of aromatic nitrogens is 3. The second-order valence-corrected chi connectivity index (χ2v) is 9.26. The summed E-state index contributed by atoms with van der Waals surface area (Å²) >= 11 is 0. The number of pyridine rings is 1. The van der Waals surface area contributed by atoms with Crippen molar-refractivity contribution in [2.24, 2.45) is 11.8 Å². The molecule has 2 aliphatic heterocycles. The first kappa shape index (κ1) is 24.0. The molecule has 0 amide bonds. The summed E-state index contributed by atoms with van der Waals surface area (Å²) in [4.78, 5) is 28.9. The molecule has 0 aliphatic carbocycles. The molecular weight excluding hydrogens is 428 g/mol. The Kier molecular flexibility index (Phi) is 8.77. The van der Waals surface area contributed by atoms with Crippen LogP contribution in [0.2, 0.25) is 0 Å². The number of ketones is 1. The van der Waals surface area contributed by atoms with Crippen molar-refractivity contribution >= 4 is 28.9 Å². The van der Waals surface area contributed by atoms with E-state index < -0.39 is 0 Å². The van der Waals surface area contributed by atoms with Crippen LogP contribution in [0, 0.1) is 18.4 Å². The average molecular weight is 463 g/mol. The molecule has 0 radical (unpaired) electrons. The highest BCUT2D eigenvalue weighted by atomic mass is 16.1. The summed E-state index contributed by atoms with van der Waals surface area (Å²) in [6.07, 6.45) is 11.4. The standard InChI is InChI=1S/C25H34N8O/c1-26-24-16-32-25(17-31-24)33-23-12-22(29-14-19-3-2-8-28-13-19)20(15-30-23)11-21(34)5-4-18-6-9-27-10-7-18/h12,15-19,27-28H,2-11,13-14H2,(H2,29,30,32,33). The zero-order valence-corrected chi connectivity index (χ0v) is 19.6. The fourth-order valence-corrected chi connectivity index (χ4v) is 4.62. The molecule has 0 aromatic carbocycles. The Hall–Kier alpha value is -3.09. The molecule has 1 atom stereocenters. The van der Waals surface area contributed by atoms with Crippen molar-refractivity contribution in [2.45, 2.75) is 44.9 Å². The Labute approximate surface area is 201 Å². The van der Waals surface area contributed by atoms with Gasteiger partial charge in [0, 0.05) is 42.9 Å². The molecule has 4 heterocycles. The summed E-state index contributed by atoms with van der Waals surface area (Å²) < 4.78 is 0. The molecule has 9 nitrogen and oxygen atoms in total. The van der Waals surface area contributed by atoms with Crippen LogP contribution in [0.4, 0.5) is 23.1 Å². The van der Waals surface area contributed by atoms with E-state index in [9.17, 15) is 4.79 Å². The number of hydrogen-bond acceptors (Lipinski definition) is 8. The Morgan fingerprint density at radius 1 is 1.03 bits per heavy atom. The average Bonchev–Trinajstić information content (AvgIpc) is 2.89. The molecule has 2 fully saturated rings. The van der Waals surface area contributed by atoms with E-state index >= 15 is 0 Å². The number of nitrogens with zero attached hydrogens (tertiary/aromatic N) is 4. The summed E-state index contributed by atoms with van der Waals surface area (Å²) in [7, 11) is 0. The van der Waals surface area contributed by atoms with Crippen LogP contribution in [0.5, 0.6) is 0 Å². The van der Waals surface area contributed by atoms with E-state index in [4.69, 9.17) is 6.57 Å². The van der Waals surface area contributed by atoms with Gasteiger partial charge in [0.15, 0.2) is 12.0 Å². The van der Waals surface area contributed by atoms with Crippen molar-refractivity contribution in [3.63, 3.8) is 0 Å². The number of piperidine rings is 2. The van der Waals surface area contributed by atoms with Crippen molar-refractivity contribution in [1.82, 2.24) is 25.6 Å². The Bertz CT molecular complexity index is 975. The van der Waals surface area contributed by atoms with Gasteiger partial charge < -0.3 is 26.1 Å². The van der Waals surface area contributed by atoms with Crippen LogP contribution in [-0.2, 0) is 11.2 Å². The van der Waals surface area contributed by atoms with Crippen LogP contribution in [0.1, 0.15) is 44.1 Å². The van der Waals surface area contributed by atoms with E-state index in [1.54, 1.807) is 6.20 Å². The number of carbonyl (C=O) groups excluding carboxylic acids is 1. The van der Waals surface area contributed by atoms with Gasteiger partial charge in [-0.15, -0.1) is 4.98 Å². The molecule has 4 N–H and O–H groups in total. The third-order valence-corrected chi connectivity index (χ3v) is 6.65. The Morgan fingerprint density at radius 2 is 1.88 bits per heavy atom. The Morgan fingerprint density at radius 3 is 2.62 bits per heavy atom. The van der Waals surface area contributed by atoms with Gasteiger partial charge in [0.25, 0.3) is 5.82 Å². The minimum Gasteiger partial charge on any atom is -0.384 e. The van der Waals surface area contributed by atoms with Crippen molar-refractivity contribution in [2.75, 3.05) is 43.4 Å². The molecule has 2 aliphatic rings. The first-order valence-electron chi connectivity index (χ1n) is 12.3. The number of anilines is 3. The lowest BCUT2D eigenvalue weighted by molar-refractivity contribution is -0.118. The lowest BCUT2D eigenvalue weighted by atomic mass is 9.91. The lowest BCUT2D eigenvalue weighted by Crippen LogP contribution is -2.33. The van der Waals surface area contributed by atoms with Gasteiger partial charge in [0.1, 0.15) is 11.6 Å². The van der Waals surface area contributed by atoms with Crippen LogP contribution in [-0.4, -0.2) is 53.5 Å².